The minimum Gasteiger partial charge on any atom is -0.480 e. The first-order chi connectivity index (χ1) is 17.2. The number of unbranched alkanes of at least 4 members (excludes halogenated alkanes) is 1. The zero-order valence-electron chi connectivity index (χ0n) is 23.3. The van der Waals surface area contributed by atoms with Crippen LogP contribution < -0.4 is 32.7 Å². The third-order valence-electron chi connectivity index (χ3n) is 6.37. The second kappa shape index (κ2) is 16.9. The Bertz CT molecular complexity index is 775. The fourth-order valence-corrected chi connectivity index (χ4v) is 3.49. The Morgan fingerprint density at radius 1 is 0.730 bits per heavy atom. The van der Waals surface area contributed by atoms with Gasteiger partial charge in [-0.3, -0.25) is 19.2 Å². The lowest BCUT2D eigenvalue weighted by molar-refractivity contribution is -0.142. The number of amides is 4. The third-order valence-corrected chi connectivity index (χ3v) is 6.37. The summed E-state index contributed by atoms with van der Waals surface area (Å²) in [5.41, 5.74) is 11.4. The Kier molecular flexibility index (Phi) is 15.7. The number of carbonyl (C=O) groups is 5. The van der Waals surface area contributed by atoms with Gasteiger partial charge in [0.25, 0.3) is 0 Å². The van der Waals surface area contributed by atoms with Crippen LogP contribution in [0.4, 0.5) is 0 Å². The normalized spacial score (nSPS) is 16.2. The lowest BCUT2D eigenvalue weighted by atomic mass is 9.96. The first-order valence-electron chi connectivity index (χ1n) is 13.1. The van der Waals surface area contributed by atoms with Crippen molar-refractivity contribution in [2.75, 3.05) is 6.54 Å². The van der Waals surface area contributed by atoms with Gasteiger partial charge in [0.05, 0.1) is 6.04 Å². The van der Waals surface area contributed by atoms with Crippen LogP contribution in [0.5, 0.6) is 0 Å². The lowest BCUT2D eigenvalue weighted by Crippen LogP contribution is -2.60. The van der Waals surface area contributed by atoms with Crippen molar-refractivity contribution in [1.82, 2.24) is 21.3 Å². The maximum absolute atomic E-state index is 13.1. The Labute approximate surface area is 220 Å². The van der Waals surface area contributed by atoms with Crippen LogP contribution >= 0.6 is 0 Å². The molecule has 0 aliphatic heterocycles. The lowest BCUT2D eigenvalue weighted by Gasteiger charge is -2.29. The third kappa shape index (κ3) is 11.9. The zero-order valence-corrected chi connectivity index (χ0v) is 23.3. The molecule has 0 saturated carbocycles. The minimum absolute atomic E-state index is 0.0703. The number of nitrogens with one attached hydrogen (secondary N) is 4. The second-order valence-corrected chi connectivity index (χ2v) is 10.3. The number of hydrogen-bond acceptors (Lipinski definition) is 7. The van der Waals surface area contributed by atoms with Crippen LogP contribution in [0.3, 0.4) is 0 Å². The predicted octanol–water partition coefficient (Wildman–Crippen LogP) is -0.155. The van der Waals surface area contributed by atoms with Crippen LogP contribution in [0.2, 0.25) is 0 Å². The largest absolute Gasteiger partial charge is 0.480 e. The molecule has 214 valence electrons. The van der Waals surface area contributed by atoms with Crippen LogP contribution in [0.15, 0.2) is 0 Å². The van der Waals surface area contributed by atoms with Crippen molar-refractivity contribution >= 4 is 29.6 Å². The molecule has 12 heteroatoms. The number of nitrogens with two attached hydrogens (primary N) is 2. The number of aliphatic carboxylic acids is 1. The molecule has 0 aromatic heterocycles. The smallest absolute Gasteiger partial charge is 0.326 e. The van der Waals surface area contributed by atoms with Crippen molar-refractivity contribution < 1.29 is 29.1 Å². The molecule has 0 fully saturated rings. The van der Waals surface area contributed by atoms with E-state index in [9.17, 15) is 29.1 Å². The van der Waals surface area contributed by atoms with E-state index in [2.05, 4.69) is 21.3 Å². The van der Waals surface area contributed by atoms with Crippen molar-refractivity contribution in [3.05, 3.63) is 0 Å². The Morgan fingerprint density at radius 3 is 1.65 bits per heavy atom. The Morgan fingerprint density at radius 2 is 1.22 bits per heavy atom. The maximum Gasteiger partial charge on any atom is 0.326 e. The van der Waals surface area contributed by atoms with Gasteiger partial charge >= 0.3 is 5.97 Å². The summed E-state index contributed by atoms with van der Waals surface area (Å²) in [6.45, 7) is 12.6. The summed E-state index contributed by atoms with van der Waals surface area (Å²) in [4.78, 5) is 62.6. The molecular formula is C25H48N6O6. The van der Waals surface area contributed by atoms with Gasteiger partial charge in [-0.1, -0.05) is 48.0 Å². The van der Waals surface area contributed by atoms with Crippen LogP contribution in [-0.2, 0) is 24.0 Å². The van der Waals surface area contributed by atoms with Gasteiger partial charge in [0.2, 0.25) is 23.6 Å². The summed E-state index contributed by atoms with van der Waals surface area (Å²) >= 11 is 0. The van der Waals surface area contributed by atoms with Crippen LogP contribution in [-0.4, -0.2) is 71.5 Å². The highest BCUT2D eigenvalue weighted by atomic mass is 16.4. The van der Waals surface area contributed by atoms with Crippen LogP contribution in [0, 0.1) is 17.8 Å². The SMILES string of the molecule is CCC(C)C(N)C(=O)NC(C(=O)NC(C(=O)NC(C)C(=O)NC(CCCCN)C(=O)O)C(C)C)C(C)C. The molecule has 0 spiro atoms. The summed E-state index contributed by atoms with van der Waals surface area (Å²) in [6.07, 6.45) is 2.08. The van der Waals surface area contributed by atoms with E-state index in [1.54, 1.807) is 27.7 Å². The molecule has 0 aromatic rings. The van der Waals surface area contributed by atoms with Gasteiger partial charge in [-0.25, -0.2) is 4.79 Å². The number of carboxylic acid groups (broad SMARTS) is 1. The molecule has 0 aliphatic rings. The molecule has 0 aromatic carbocycles. The van der Waals surface area contributed by atoms with Crippen molar-refractivity contribution in [2.24, 2.45) is 29.2 Å². The van der Waals surface area contributed by atoms with Gasteiger partial charge in [-0.2, -0.15) is 0 Å². The van der Waals surface area contributed by atoms with Crippen molar-refractivity contribution in [2.45, 2.75) is 104 Å². The van der Waals surface area contributed by atoms with E-state index in [-0.39, 0.29) is 24.2 Å². The molecule has 0 heterocycles. The molecule has 0 aliphatic carbocycles. The van der Waals surface area contributed by atoms with Gasteiger partial charge in [0.1, 0.15) is 24.2 Å². The van der Waals surface area contributed by atoms with E-state index in [1.165, 1.54) is 6.92 Å². The van der Waals surface area contributed by atoms with Crippen LogP contribution in [0.25, 0.3) is 0 Å². The second-order valence-electron chi connectivity index (χ2n) is 10.3. The monoisotopic (exact) mass is 528 g/mol. The molecule has 0 bridgehead atoms. The summed E-state index contributed by atoms with van der Waals surface area (Å²) < 4.78 is 0. The maximum atomic E-state index is 13.1. The van der Waals surface area contributed by atoms with Gasteiger partial charge in [-0.05, 0) is 50.5 Å². The van der Waals surface area contributed by atoms with E-state index in [0.29, 0.717) is 25.8 Å². The highest BCUT2D eigenvalue weighted by Gasteiger charge is 2.33. The van der Waals surface area contributed by atoms with Gasteiger partial charge < -0.3 is 37.8 Å². The Hall–Kier alpha value is -2.73. The molecule has 4 amide bonds. The quantitative estimate of drug-likeness (QED) is 0.126. The van der Waals surface area contributed by atoms with Crippen LogP contribution in [0.1, 0.15) is 74.1 Å². The molecule has 37 heavy (non-hydrogen) atoms. The highest BCUT2D eigenvalue weighted by Crippen LogP contribution is 2.10. The summed E-state index contributed by atoms with van der Waals surface area (Å²) in [5, 5.41) is 19.7. The number of hydrogen-bond donors (Lipinski definition) is 7. The van der Waals surface area contributed by atoms with E-state index in [1.807, 2.05) is 13.8 Å². The average Bonchev–Trinajstić information content (AvgIpc) is 2.82. The molecule has 6 unspecified atom stereocenters. The molecule has 0 rings (SSSR count). The van der Waals surface area contributed by atoms with Crippen molar-refractivity contribution in [3.8, 4) is 0 Å². The molecule has 0 saturated heterocycles. The highest BCUT2D eigenvalue weighted by molar-refractivity contribution is 5.95. The van der Waals surface area contributed by atoms with Gasteiger partial charge in [0, 0.05) is 0 Å². The summed E-state index contributed by atoms with van der Waals surface area (Å²) in [6, 6.07) is -4.83. The van der Waals surface area contributed by atoms with Gasteiger partial charge in [-0.15, -0.1) is 0 Å². The predicted molar refractivity (Wildman–Crippen MR) is 141 cm³/mol. The standard InChI is InChI=1S/C25H48N6O6/c1-8-15(6)18(27)22(33)30-20(14(4)5)24(35)31-19(13(2)3)23(34)28-16(7)21(32)29-17(25(36)37)11-9-10-12-26/h13-20H,8-12,26-27H2,1-7H3,(H,28,34)(H,29,32)(H,30,33)(H,31,35)(H,36,37). The van der Waals surface area contributed by atoms with E-state index in [0.717, 1.165) is 0 Å². The van der Waals surface area contributed by atoms with Crippen molar-refractivity contribution in [3.63, 3.8) is 0 Å². The topological polar surface area (TPSA) is 206 Å². The molecule has 9 N–H and O–H groups in total. The average molecular weight is 529 g/mol. The molecule has 12 nitrogen and oxygen atoms in total. The Balaban J connectivity index is 5.31. The summed E-state index contributed by atoms with van der Waals surface area (Å²) in [7, 11) is 0. The molecule has 6 atom stereocenters. The first kappa shape index (κ1) is 34.3. The van der Waals surface area contributed by atoms with Gasteiger partial charge in [0.15, 0.2) is 0 Å². The molecular weight excluding hydrogens is 480 g/mol. The van der Waals surface area contributed by atoms with Crippen molar-refractivity contribution in [1.29, 1.82) is 0 Å². The zero-order chi connectivity index (χ0) is 28.9. The fraction of sp³-hybridized carbons (Fsp3) is 0.800. The van der Waals surface area contributed by atoms with E-state index >= 15 is 0 Å². The fourth-order valence-electron chi connectivity index (χ4n) is 3.49. The molecule has 0 radical (unpaired) electrons. The van der Waals surface area contributed by atoms with E-state index in [4.69, 9.17) is 11.5 Å². The summed E-state index contributed by atoms with van der Waals surface area (Å²) in [5.74, 6) is -4.12. The minimum atomic E-state index is -1.17. The number of carbonyl (C=O) groups excluding carboxylic acids is 4. The first-order valence-corrected chi connectivity index (χ1v) is 13.1. The van der Waals surface area contributed by atoms with E-state index < -0.39 is 59.8 Å². The number of rotatable bonds is 17. The number of carboxylic acids is 1.